The number of aliphatic hydroxyl groups is 1. The van der Waals surface area contributed by atoms with Crippen molar-refractivity contribution >= 4 is 5.71 Å². The molecule has 2 N–H and O–H groups in total. The van der Waals surface area contributed by atoms with Crippen LogP contribution in [0.5, 0.6) is 0 Å². The molecule has 0 aromatic heterocycles. The van der Waals surface area contributed by atoms with Gasteiger partial charge in [-0.05, 0) is 81.0 Å². The minimum absolute atomic E-state index is 0.115. The molecule has 5 aliphatic rings. The fraction of sp³-hybridized carbons (Fsp3) is 0.957. The Morgan fingerprint density at radius 3 is 2.46 bits per heavy atom. The van der Waals surface area contributed by atoms with Crippen LogP contribution in [0.15, 0.2) is 5.16 Å². The molecule has 1 saturated heterocycles. The molecule has 158 valence electrons. The Morgan fingerprint density at radius 2 is 1.75 bits per heavy atom. The van der Waals surface area contributed by atoms with Crippen LogP contribution < -0.4 is 0 Å². The molecule has 5 fully saturated rings. The van der Waals surface area contributed by atoms with E-state index >= 15 is 0 Å². The van der Waals surface area contributed by atoms with E-state index < -0.39 is 5.79 Å². The molecule has 8 atom stereocenters. The average molecular weight is 392 g/mol. The maximum atomic E-state index is 10.3. The Hall–Kier alpha value is -0.650. The molecule has 0 amide bonds. The number of hydrogen-bond acceptors (Lipinski definition) is 5. The Kier molecular flexibility index (Phi) is 4.43. The Labute approximate surface area is 168 Å². The molecule has 1 aliphatic heterocycles. The van der Waals surface area contributed by atoms with E-state index in [1.165, 1.54) is 19.3 Å². The minimum atomic E-state index is -0.549. The van der Waals surface area contributed by atoms with Crippen molar-refractivity contribution in [1.29, 1.82) is 0 Å². The quantitative estimate of drug-likeness (QED) is 0.399. The van der Waals surface area contributed by atoms with E-state index in [9.17, 15) is 10.3 Å². The fourth-order valence-corrected chi connectivity index (χ4v) is 8.80. The average Bonchev–Trinajstić information content (AvgIpc) is 3.29. The lowest BCUT2D eigenvalue weighted by Crippen LogP contribution is -2.65. The van der Waals surface area contributed by atoms with Crippen molar-refractivity contribution in [1.82, 2.24) is 0 Å². The van der Waals surface area contributed by atoms with Crippen molar-refractivity contribution in [3.8, 4) is 0 Å². The Bertz CT molecular complexity index is 659. The molecule has 1 heterocycles. The van der Waals surface area contributed by atoms with Gasteiger partial charge in [0.15, 0.2) is 5.79 Å². The zero-order valence-corrected chi connectivity index (χ0v) is 17.7. The third-order valence-corrected chi connectivity index (χ3v) is 10.2. The van der Waals surface area contributed by atoms with Crippen molar-refractivity contribution in [2.75, 3.05) is 13.2 Å². The van der Waals surface area contributed by atoms with Crippen LogP contribution in [0.3, 0.4) is 0 Å². The monoisotopic (exact) mass is 391 g/mol. The van der Waals surface area contributed by atoms with Gasteiger partial charge in [-0.25, -0.2) is 0 Å². The molecule has 0 unspecified atom stereocenters. The predicted octanol–water partition coefficient (Wildman–Crippen LogP) is 4.21. The second-order valence-corrected chi connectivity index (χ2v) is 10.9. The van der Waals surface area contributed by atoms with E-state index in [-0.39, 0.29) is 22.9 Å². The zero-order chi connectivity index (χ0) is 19.7. The van der Waals surface area contributed by atoms with Crippen molar-refractivity contribution in [3.05, 3.63) is 0 Å². The SMILES string of the molecule is CC(=NO)[C@@H]1CC[C@@H]2[C@H]3CC[C@H]4C[C@@H](O)CC[C@]4(C)[C@@H]3CC3(OCCO3)[C@]21C. The highest BCUT2D eigenvalue weighted by Crippen LogP contribution is 2.71. The van der Waals surface area contributed by atoms with Crippen molar-refractivity contribution in [2.45, 2.75) is 84.0 Å². The van der Waals surface area contributed by atoms with Gasteiger partial charge in [-0.1, -0.05) is 19.0 Å². The summed E-state index contributed by atoms with van der Waals surface area (Å²) in [5, 5.41) is 23.5. The van der Waals surface area contributed by atoms with Crippen molar-refractivity contribution in [3.63, 3.8) is 0 Å². The second-order valence-electron chi connectivity index (χ2n) is 10.9. The van der Waals surface area contributed by atoms with Gasteiger partial charge in [0, 0.05) is 17.8 Å². The highest BCUT2D eigenvalue weighted by atomic mass is 16.7. The molecular weight excluding hydrogens is 354 g/mol. The summed E-state index contributed by atoms with van der Waals surface area (Å²) in [7, 11) is 0. The van der Waals surface area contributed by atoms with E-state index in [1.807, 2.05) is 6.92 Å². The summed E-state index contributed by atoms with van der Waals surface area (Å²) in [6.45, 7) is 8.16. The summed E-state index contributed by atoms with van der Waals surface area (Å²) >= 11 is 0. The van der Waals surface area contributed by atoms with E-state index in [0.29, 0.717) is 36.9 Å². The van der Waals surface area contributed by atoms with Crippen LogP contribution in [-0.4, -0.2) is 41.1 Å². The molecule has 5 nitrogen and oxygen atoms in total. The van der Waals surface area contributed by atoms with Crippen LogP contribution in [0.2, 0.25) is 0 Å². The molecule has 28 heavy (non-hydrogen) atoms. The van der Waals surface area contributed by atoms with Crippen LogP contribution >= 0.6 is 0 Å². The number of aliphatic hydroxyl groups excluding tert-OH is 1. The van der Waals surface area contributed by atoms with Crippen LogP contribution in [0.1, 0.15) is 72.1 Å². The molecule has 4 aliphatic carbocycles. The highest BCUT2D eigenvalue weighted by molar-refractivity contribution is 5.85. The van der Waals surface area contributed by atoms with Crippen LogP contribution in [-0.2, 0) is 9.47 Å². The first-order chi connectivity index (χ1) is 13.4. The van der Waals surface area contributed by atoms with Gasteiger partial charge in [-0.3, -0.25) is 0 Å². The third-order valence-electron chi connectivity index (χ3n) is 10.2. The van der Waals surface area contributed by atoms with E-state index in [0.717, 1.165) is 37.8 Å². The Morgan fingerprint density at radius 1 is 1.00 bits per heavy atom. The van der Waals surface area contributed by atoms with Gasteiger partial charge in [0.05, 0.1) is 25.0 Å². The Balaban J connectivity index is 1.57. The normalized spacial score (nSPS) is 52.9. The largest absolute Gasteiger partial charge is 0.411 e. The molecule has 5 rings (SSSR count). The summed E-state index contributed by atoms with van der Waals surface area (Å²) in [5.41, 5.74) is 0.991. The molecule has 0 aromatic rings. The predicted molar refractivity (Wildman–Crippen MR) is 106 cm³/mol. The lowest BCUT2D eigenvalue weighted by Gasteiger charge is -2.64. The number of rotatable bonds is 1. The van der Waals surface area contributed by atoms with Gasteiger partial charge in [0.2, 0.25) is 0 Å². The minimum Gasteiger partial charge on any atom is -0.411 e. The summed E-state index contributed by atoms with van der Waals surface area (Å²) in [5.74, 6) is 2.14. The van der Waals surface area contributed by atoms with Crippen LogP contribution in [0, 0.1) is 40.4 Å². The molecule has 0 bridgehead atoms. The molecular formula is C23H37NO4. The lowest BCUT2D eigenvalue weighted by molar-refractivity contribution is -0.306. The first-order valence-corrected chi connectivity index (χ1v) is 11.5. The number of ether oxygens (including phenoxy) is 2. The number of fused-ring (bicyclic) bond motifs is 6. The topological polar surface area (TPSA) is 71.3 Å². The van der Waals surface area contributed by atoms with Crippen molar-refractivity contribution < 1.29 is 19.8 Å². The van der Waals surface area contributed by atoms with Crippen LogP contribution in [0.25, 0.3) is 0 Å². The number of nitrogens with zero attached hydrogens (tertiary/aromatic N) is 1. The first kappa shape index (κ1) is 19.3. The summed E-state index contributed by atoms with van der Waals surface area (Å²) < 4.78 is 13.0. The van der Waals surface area contributed by atoms with E-state index in [2.05, 4.69) is 19.0 Å². The van der Waals surface area contributed by atoms with Gasteiger partial charge in [-0.2, -0.15) is 0 Å². The van der Waals surface area contributed by atoms with Gasteiger partial charge in [0.1, 0.15) is 0 Å². The first-order valence-electron chi connectivity index (χ1n) is 11.5. The maximum Gasteiger partial charge on any atom is 0.174 e. The van der Waals surface area contributed by atoms with E-state index in [1.54, 1.807) is 0 Å². The zero-order valence-electron chi connectivity index (χ0n) is 17.7. The van der Waals surface area contributed by atoms with Gasteiger partial charge < -0.3 is 19.8 Å². The highest BCUT2D eigenvalue weighted by Gasteiger charge is 2.71. The third kappa shape index (κ3) is 2.33. The van der Waals surface area contributed by atoms with Crippen molar-refractivity contribution in [2.24, 2.45) is 45.6 Å². The number of oxime groups is 1. The summed E-state index contributed by atoms with van der Waals surface area (Å²) in [6, 6.07) is 0. The second kappa shape index (κ2) is 6.42. The van der Waals surface area contributed by atoms with E-state index in [4.69, 9.17) is 9.47 Å². The molecule has 4 saturated carbocycles. The standard InChI is InChI=1S/C23H37NO4/c1-14(24-26)18-6-7-19-17-5-4-15-12-16(25)8-9-21(15,2)20(17)13-23(22(18,19)3)27-10-11-28-23/h15-20,25-26H,4-13H2,1-3H3/t15-,16-,17+,18-,19+,20+,21-,22-/m0/s1. The lowest BCUT2D eigenvalue weighted by atomic mass is 9.43. The molecule has 5 heteroatoms. The fourth-order valence-electron chi connectivity index (χ4n) is 8.80. The summed E-state index contributed by atoms with van der Waals surface area (Å²) in [6.07, 6.45) is 8.62. The van der Waals surface area contributed by atoms with Gasteiger partial charge >= 0.3 is 0 Å². The molecule has 0 radical (unpaired) electrons. The van der Waals surface area contributed by atoms with Gasteiger partial charge in [0.25, 0.3) is 0 Å². The summed E-state index contributed by atoms with van der Waals surface area (Å²) in [4.78, 5) is 0. The smallest absolute Gasteiger partial charge is 0.174 e. The number of hydrogen-bond donors (Lipinski definition) is 2. The maximum absolute atomic E-state index is 10.3. The molecule has 0 aromatic carbocycles. The molecule has 1 spiro atoms. The van der Waals surface area contributed by atoms with Gasteiger partial charge in [-0.15, -0.1) is 0 Å². The van der Waals surface area contributed by atoms with Crippen LogP contribution in [0.4, 0.5) is 0 Å².